The van der Waals surface area contributed by atoms with E-state index in [-0.39, 0.29) is 6.42 Å². The number of carbonyl (C=O) groups excluding carboxylic acids is 3. The van der Waals surface area contributed by atoms with Gasteiger partial charge in [0.2, 0.25) is 0 Å². The molecular weight excluding hydrogens is 269 g/mol. The van der Waals surface area contributed by atoms with E-state index in [9.17, 15) is 18.8 Å². The van der Waals surface area contributed by atoms with Gasteiger partial charge in [0.05, 0.1) is 13.5 Å². The molecule has 0 radical (unpaired) electrons. The van der Waals surface area contributed by atoms with Crippen molar-refractivity contribution in [2.45, 2.75) is 19.4 Å². The number of alkyl carbamates (subject to hydrolysis) is 1. The average Bonchev–Trinajstić information content (AvgIpc) is 2.38. The van der Waals surface area contributed by atoms with Crippen LogP contribution in [0.3, 0.4) is 0 Å². The quantitative estimate of drug-likeness (QED) is 0.839. The molecule has 0 spiro atoms. The number of imide groups is 1. The number of benzene rings is 1. The zero-order valence-electron chi connectivity index (χ0n) is 11.0. The first-order chi connectivity index (χ1) is 9.42. The van der Waals surface area contributed by atoms with Gasteiger partial charge in [-0.05, 0) is 24.6 Å². The Morgan fingerprint density at radius 1 is 1.35 bits per heavy atom. The van der Waals surface area contributed by atoms with E-state index in [0.29, 0.717) is 5.56 Å². The molecule has 0 saturated carbocycles. The summed E-state index contributed by atoms with van der Waals surface area (Å²) in [5, 5.41) is 1.87. The van der Waals surface area contributed by atoms with Crippen molar-refractivity contribution in [2.24, 2.45) is 0 Å². The monoisotopic (exact) mass is 283 g/mol. The summed E-state index contributed by atoms with van der Waals surface area (Å²) in [6.45, 7) is 1.31. The summed E-state index contributed by atoms with van der Waals surface area (Å²) in [5.41, 5.74) is 0.426. The number of methoxy groups -OCH3 is 1. The van der Waals surface area contributed by atoms with E-state index >= 15 is 0 Å². The van der Waals surface area contributed by atoms with E-state index in [1.54, 1.807) is 6.07 Å². The van der Waals surface area contributed by atoms with Crippen LogP contribution < -0.4 is 5.32 Å². The van der Waals surface area contributed by atoms with E-state index in [0.717, 1.165) is 7.11 Å². The molecule has 0 heterocycles. The molecule has 1 N–H and O–H groups in total. The van der Waals surface area contributed by atoms with Gasteiger partial charge in [0, 0.05) is 0 Å². The van der Waals surface area contributed by atoms with Crippen molar-refractivity contribution >= 4 is 18.0 Å². The van der Waals surface area contributed by atoms with Crippen LogP contribution in [0.2, 0.25) is 0 Å². The highest BCUT2D eigenvalue weighted by molar-refractivity contribution is 5.95. The largest absolute Gasteiger partial charge is 0.453 e. The summed E-state index contributed by atoms with van der Waals surface area (Å²) in [7, 11) is 1.10. The van der Waals surface area contributed by atoms with Crippen LogP contribution in [0.1, 0.15) is 12.5 Å². The predicted molar refractivity (Wildman–Crippen MR) is 66.2 cm³/mol. The number of esters is 1. The second kappa shape index (κ2) is 7.22. The molecule has 1 rings (SSSR count). The van der Waals surface area contributed by atoms with Gasteiger partial charge < -0.3 is 9.47 Å². The molecule has 0 saturated heterocycles. The summed E-state index contributed by atoms with van der Waals surface area (Å²) in [6, 6.07) is 5.47. The lowest BCUT2D eigenvalue weighted by Crippen LogP contribution is -2.39. The van der Waals surface area contributed by atoms with Crippen LogP contribution in [0.5, 0.6) is 0 Å². The molecule has 0 aromatic heterocycles. The highest BCUT2D eigenvalue weighted by atomic mass is 19.1. The van der Waals surface area contributed by atoms with Crippen LogP contribution in [0, 0.1) is 5.82 Å². The lowest BCUT2D eigenvalue weighted by molar-refractivity contribution is -0.153. The van der Waals surface area contributed by atoms with Gasteiger partial charge in [-0.1, -0.05) is 12.1 Å². The van der Waals surface area contributed by atoms with E-state index in [1.807, 2.05) is 5.32 Å². The highest BCUT2D eigenvalue weighted by Gasteiger charge is 2.20. The van der Waals surface area contributed by atoms with E-state index in [1.165, 1.54) is 25.1 Å². The van der Waals surface area contributed by atoms with Crippen LogP contribution in [0.15, 0.2) is 24.3 Å². The maximum Gasteiger partial charge on any atom is 0.413 e. The van der Waals surface area contributed by atoms with Gasteiger partial charge in [-0.3, -0.25) is 14.9 Å². The number of carbonyl (C=O) groups is 3. The fourth-order valence-corrected chi connectivity index (χ4v) is 1.36. The van der Waals surface area contributed by atoms with Crippen molar-refractivity contribution in [1.29, 1.82) is 0 Å². The minimum absolute atomic E-state index is 0.173. The van der Waals surface area contributed by atoms with E-state index in [2.05, 4.69) is 4.74 Å². The first-order valence-corrected chi connectivity index (χ1v) is 5.75. The molecule has 0 fully saturated rings. The van der Waals surface area contributed by atoms with Crippen LogP contribution >= 0.6 is 0 Å². The van der Waals surface area contributed by atoms with Gasteiger partial charge >= 0.3 is 12.1 Å². The third kappa shape index (κ3) is 5.05. The summed E-state index contributed by atoms with van der Waals surface area (Å²) in [5.74, 6) is -1.97. The van der Waals surface area contributed by atoms with Crippen molar-refractivity contribution in [3.05, 3.63) is 35.6 Å². The molecule has 7 heteroatoms. The molecule has 6 nitrogen and oxygen atoms in total. The number of hydrogen-bond acceptors (Lipinski definition) is 5. The average molecular weight is 283 g/mol. The molecule has 20 heavy (non-hydrogen) atoms. The summed E-state index contributed by atoms with van der Waals surface area (Å²) >= 11 is 0. The normalized spacial score (nSPS) is 11.3. The topological polar surface area (TPSA) is 81.7 Å². The molecule has 2 amide bonds. The van der Waals surface area contributed by atoms with E-state index < -0.39 is 29.9 Å². The Morgan fingerprint density at radius 3 is 2.65 bits per heavy atom. The SMILES string of the molecule is COC(=O)NC(=O)[C@H](C)OC(=O)Cc1cccc(F)c1. The Hall–Kier alpha value is -2.44. The molecule has 0 aliphatic rings. The minimum atomic E-state index is -1.16. The number of ether oxygens (including phenoxy) is 2. The fraction of sp³-hybridized carbons (Fsp3) is 0.308. The van der Waals surface area contributed by atoms with Gasteiger partial charge in [0.1, 0.15) is 5.82 Å². The first-order valence-electron chi connectivity index (χ1n) is 5.75. The molecule has 108 valence electrons. The van der Waals surface area contributed by atoms with Crippen LogP contribution in [-0.4, -0.2) is 31.2 Å². The Kier molecular flexibility index (Phi) is 5.64. The highest BCUT2D eigenvalue weighted by Crippen LogP contribution is 2.06. The second-order valence-electron chi connectivity index (χ2n) is 3.92. The fourth-order valence-electron chi connectivity index (χ4n) is 1.36. The smallest absolute Gasteiger partial charge is 0.413 e. The van der Waals surface area contributed by atoms with Gasteiger partial charge in [0.25, 0.3) is 5.91 Å². The zero-order chi connectivity index (χ0) is 15.1. The molecule has 1 aromatic carbocycles. The maximum atomic E-state index is 12.9. The van der Waals surface area contributed by atoms with Crippen molar-refractivity contribution < 1.29 is 28.2 Å². The Labute approximate surface area is 114 Å². The van der Waals surface area contributed by atoms with Crippen molar-refractivity contribution in [1.82, 2.24) is 5.32 Å². The summed E-state index contributed by atoms with van der Waals surface area (Å²) < 4.78 is 22.0. The van der Waals surface area contributed by atoms with Crippen molar-refractivity contribution in [3.8, 4) is 0 Å². The first kappa shape index (κ1) is 15.6. The molecule has 1 atom stereocenters. The third-order valence-corrected chi connectivity index (χ3v) is 2.33. The molecule has 0 unspecified atom stereocenters. The molecule has 1 aromatic rings. The van der Waals surface area contributed by atoms with Crippen LogP contribution in [-0.2, 0) is 25.5 Å². The lowest BCUT2D eigenvalue weighted by atomic mass is 10.1. The lowest BCUT2D eigenvalue weighted by Gasteiger charge is -2.12. The Morgan fingerprint density at radius 2 is 2.05 bits per heavy atom. The van der Waals surface area contributed by atoms with Gasteiger partial charge in [-0.25, -0.2) is 9.18 Å². The van der Waals surface area contributed by atoms with Gasteiger partial charge in [0.15, 0.2) is 6.10 Å². The molecular formula is C13H14FNO5. The predicted octanol–water partition coefficient (Wildman–Crippen LogP) is 1.18. The van der Waals surface area contributed by atoms with Crippen molar-refractivity contribution in [3.63, 3.8) is 0 Å². The minimum Gasteiger partial charge on any atom is -0.453 e. The Balaban J connectivity index is 2.49. The molecule has 0 bridgehead atoms. The number of hydrogen-bond donors (Lipinski definition) is 1. The van der Waals surface area contributed by atoms with Gasteiger partial charge in [-0.2, -0.15) is 0 Å². The zero-order valence-corrected chi connectivity index (χ0v) is 11.0. The van der Waals surface area contributed by atoms with Crippen LogP contribution in [0.4, 0.5) is 9.18 Å². The van der Waals surface area contributed by atoms with Crippen LogP contribution in [0.25, 0.3) is 0 Å². The van der Waals surface area contributed by atoms with Crippen molar-refractivity contribution in [2.75, 3.05) is 7.11 Å². The molecule has 0 aliphatic carbocycles. The second-order valence-corrected chi connectivity index (χ2v) is 3.92. The standard InChI is InChI=1S/C13H14FNO5/c1-8(12(17)15-13(18)19-2)20-11(16)7-9-4-3-5-10(14)6-9/h3-6,8H,7H2,1-2H3,(H,15,17,18)/t8-/m0/s1. The number of rotatable bonds is 4. The third-order valence-electron chi connectivity index (χ3n) is 2.33. The molecule has 0 aliphatic heterocycles. The van der Waals surface area contributed by atoms with E-state index in [4.69, 9.17) is 4.74 Å². The maximum absolute atomic E-state index is 12.9. The Bertz CT molecular complexity index is 517. The summed E-state index contributed by atoms with van der Waals surface area (Å²) in [4.78, 5) is 33.8. The summed E-state index contributed by atoms with van der Waals surface area (Å²) in [6.07, 6.45) is -2.27. The number of nitrogens with one attached hydrogen (secondary N) is 1. The number of amides is 2. The number of halogens is 1. The van der Waals surface area contributed by atoms with Gasteiger partial charge in [-0.15, -0.1) is 0 Å².